The topological polar surface area (TPSA) is 99.0 Å². The smallest absolute Gasteiger partial charge is 0.338 e. The fourth-order valence-corrected chi connectivity index (χ4v) is 1.68. The van der Waals surface area contributed by atoms with Crippen molar-refractivity contribution in [3.8, 4) is 0 Å². The van der Waals surface area contributed by atoms with Crippen molar-refractivity contribution >= 4 is 5.97 Å². The van der Waals surface area contributed by atoms with Crippen LogP contribution in [0.5, 0.6) is 0 Å². The Labute approximate surface area is 123 Å². The zero-order valence-corrected chi connectivity index (χ0v) is 11.8. The van der Waals surface area contributed by atoms with Crippen molar-refractivity contribution in [2.75, 3.05) is 32.9 Å². The van der Waals surface area contributed by atoms with E-state index in [2.05, 4.69) is 10.1 Å². The van der Waals surface area contributed by atoms with Gasteiger partial charge in [-0.1, -0.05) is 30.3 Å². The third-order valence-electron chi connectivity index (χ3n) is 2.74. The first-order valence-corrected chi connectivity index (χ1v) is 6.73. The molecular weight excluding hydrogens is 274 g/mol. The second kappa shape index (κ2) is 9.93. The largest absolute Gasteiger partial charge is 0.508 e. The Kier molecular flexibility index (Phi) is 8.11. The minimum atomic E-state index is -0.411. The number of hydrogen-bond donors (Lipinski definition) is 4. The minimum absolute atomic E-state index is 0.0149. The Morgan fingerprint density at radius 2 is 1.71 bits per heavy atom. The molecule has 0 saturated heterocycles. The molecule has 1 aromatic rings. The van der Waals surface area contributed by atoms with Crippen molar-refractivity contribution in [2.45, 2.75) is 6.42 Å². The predicted molar refractivity (Wildman–Crippen MR) is 77.8 cm³/mol. The van der Waals surface area contributed by atoms with E-state index in [0.29, 0.717) is 25.1 Å². The summed E-state index contributed by atoms with van der Waals surface area (Å²) in [4.78, 5) is 11.1. The summed E-state index contributed by atoms with van der Waals surface area (Å²) in [5.74, 6) is -0.356. The molecule has 0 amide bonds. The number of benzene rings is 1. The molecule has 0 aliphatic carbocycles. The van der Waals surface area contributed by atoms with Gasteiger partial charge in [0.25, 0.3) is 0 Å². The van der Waals surface area contributed by atoms with Crippen LogP contribution < -0.4 is 5.32 Å². The highest BCUT2D eigenvalue weighted by atomic mass is 16.5. The highest BCUT2D eigenvalue weighted by Crippen LogP contribution is 2.18. The molecule has 0 spiro atoms. The van der Waals surface area contributed by atoms with Crippen molar-refractivity contribution in [1.82, 2.24) is 5.32 Å². The van der Waals surface area contributed by atoms with Crippen molar-refractivity contribution < 1.29 is 24.9 Å². The van der Waals surface area contributed by atoms with E-state index in [1.807, 2.05) is 30.3 Å². The maximum absolute atomic E-state index is 11.1. The molecule has 6 heteroatoms. The molecule has 1 aromatic carbocycles. The van der Waals surface area contributed by atoms with Crippen LogP contribution >= 0.6 is 0 Å². The number of nitrogens with one attached hydrogen (secondary N) is 1. The van der Waals surface area contributed by atoms with E-state index in [1.54, 1.807) is 0 Å². The molecular formula is C15H21NO5. The molecule has 1 aliphatic rings. The fraction of sp³-hybridized carbons (Fsp3) is 0.400. The molecule has 21 heavy (non-hydrogen) atoms. The maximum atomic E-state index is 11.1. The van der Waals surface area contributed by atoms with Crippen LogP contribution in [-0.4, -0.2) is 54.2 Å². The van der Waals surface area contributed by atoms with Gasteiger partial charge in [0.1, 0.15) is 12.4 Å². The first-order valence-electron chi connectivity index (χ1n) is 6.73. The van der Waals surface area contributed by atoms with Crippen LogP contribution in [0, 0.1) is 0 Å². The molecule has 0 unspecified atom stereocenters. The summed E-state index contributed by atoms with van der Waals surface area (Å²) in [5, 5.41) is 28.4. The highest BCUT2D eigenvalue weighted by molar-refractivity contribution is 5.91. The molecule has 0 fully saturated rings. The van der Waals surface area contributed by atoms with Gasteiger partial charge in [-0.05, 0) is 5.56 Å². The van der Waals surface area contributed by atoms with Crippen LogP contribution in [-0.2, 0) is 16.0 Å². The summed E-state index contributed by atoms with van der Waals surface area (Å²) in [5.41, 5.74) is 1.36. The molecule has 0 bridgehead atoms. The van der Waals surface area contributed by atoms with E-state index in [0.717, 1.165) is 5.56 Å². The molecule has 0 aromatic heterocycles. The van der Waals surface area contributed by atoms with E-state index >= 15 is 0 Å². The number of carbonyl (C=O) groups is 1. The summed E-state index contributed by atoms with van der Waals surface area (Å²) in [6.45, 7) is 1.43. The summed E-state index contributed by atoms with van der Waals surface area (Å²) in [7, 11) is 0. The van der Waals surface area contributed by atoms with E-state index in [9.17, 15) is 9.90 Å². The average molecular weight is 295 g/mol. The van der Waals surface area contributed by atoms with Gasteiger partial charge in [0.05, 0.1) is 18.8 Å². The molecule has 4 N–H and O–H groups in total. The Balaban J connectivity index is 0.000000270. The number of rotatable bonds is 6. The lowest BCUT2D eigenvalue weighted by Gasteiger charge is -1.99. The zero-order chi connectivity index (χ0) is 15.5. The van der Waals surface area contributed by atoms with Crippen LogP contribution in [0.15, 0.2) is 41.7 Å². The number of carbonyl (C=O) groups excluding carboxylic acids is 1. The summed E-state index contributed by atoms with van der Waals surface area (Å²) in [6.07, 6.45) is 0.436. The number of esters is 1. The van der Waals surface area contributed by atoms with Gasteiger partial charge in [-0.3, -0.25) is 0 Å². The van der Waals surface area contributed by atoms with E-state index in [-0.39, 0.29) is 25.6 Å². The molecule has 6 nitrogen and oxygen atoms in total. The summed E-state index contributed by atoms with van der Waals surface area (Å²) in [6, 6.07) is 9.52. The van der Waals surface area contributed by atoms with Gasteiger partial charge in [0.2, 0.25) is 0 Å². The Morgan fingerprint density at radius 1 is 1.10 bits per heavy atom. The molecule has 1 aliphatic heterocycles. The Hall–Kier alpha value is -1.89. The molecule has 0 radical (unpaired) electrons. The standard InChI is InChI=1S/C11H10O3.C4H11NO2/c12-10-7-14-11(13)9(10)6-8-4-2-1-3-5-8;6-3-1-5-2-4-7/h1-5,12H,6-7H2;5-7H,1-4H2. The molecule has 1 heterocycles. The normalized spacial score (nSPS) is 13.7. The van der Waals surface area contributed by atoms with Gasteiger partial charge < -0.3 is 25.4 Å². The number of hydrogen-bond acceptors (Lipinski definition) is 6. The van der Waals surface area contributed by atoms with Crippen LogP contribution in [0.4, 0.5) is 0 Å². The van der Waals surface area contributed by atoms with Crippen LogP contribution in [0.2, 0.25) is 0 Å². The average Bonchev–Trinajstić information content (AvgIpc) is 2.82. The van der Waals surface area contributed by atoms with Gasteiger partial charge in [0.15, 0.2) is 0 Å². The number of ether oxygens (including phenoxy) is 1. The summed E-state index contributed by atoms with van der Waals surface area (Å²) < 4.78 is 4.69. The number of aliphatic hydroxyl groups is 3. The molecule has 2 rings (SSSR count). The maximum Gasteiger partial charge on any atom is 0.338 e. The van der Waals surface area contributed by atoms with Crippen LogP contribution in [0.3, 0.4) is 0 Å². The lowest BCUT2D eigenvalue weighted by atomic mass is 10.1. The van der Waals surface area contributed by atoms with Gasteiger partial charge in [-0.15, -0.1) is 0 Å². The van der Waals surface area contributed by atoms with Gasteiger partial charge in [-0.2, -0.15) is 0 Å². The number of aliphatic hydroxyl groups excluding tert-OH is 3. The third kappa shape index (κ3) is 6.40. The van der Waals surface area contributed by atoms with Gasteiger partial charge in [0, 0.05) is 19.5 Å². The minimum Gasteiger partial charge on any atom is -0.508 e. The Bertz CT molecular complexity index is 454. The van der Waals surface area contributed by atoms with Crippen LogP contribution in [0.1, 0.15) is 5.56 Å². The fourth-order valence-electron chi connectivity index (χ4n) is 1.68. The number of cyclic esters (lactones) is 1. The van der Waals surface area contributed by atoms with Crippen LogP contribution in [0.25, 0.3) is 0 Å². The Morgan fingerprint density at radius 3 is 2.19 bits per heavy atom. The second-order valence-corrected chi connectivity index (χ2v) is 4.36. The van der Waals surface area contributed by atoms with Crippen molar-refractivity contribution in [3.63, 3.8) is 0 Å². The summed E-state index contributed by atoms with van der Waals surface area (Å²) >= 11 is 0. The van der Waals surface area contributed by atoms with Crippen molar-refractivity contribution in [3.05, 3.63) is 47.2 Å². The monoisotopic (exact) mass is 295 g/mol. The first-order chi connectivity index (χ1) is 10.2. The van der Waals surface area contributed by atoms with E-state index in [1.165, 1.54) is 0 Å². The SMILES string of the molecule is O=C1OCC(O)=C1Cc1ccccc1.OCCNCCO. The lowest BCUT2D eigenvalue weighted by Crippen LogP contribution is -2.21. The van der Waals surface area contributed by atoms with Gasteiger partial charge >= 0.3 is 5.97 Å². The molecule has 0 atom stereocenters. The third-order valence-corrected chi connectivity index (χ3v) is 2.74. The lowest BCUT2D eigenvalue weighted by molar-refractivity contribution is -0.136. The second-order valence-electron chi connectivity index (χ2n) is 4.36. The molecule has 116 valence electrons. The van der Waals surface area contributed by atoms with E-state index in [4.69, 9.17) is 10.2 Å². The molecule has 0 saturated carbocycles. The predicted octanol–water partition coefficient (Wildman–Crippen LogP) is 0.159. The van der Waals surface area contributed by atoms with Gasteiger partial charge in [-0.25, -0.2) is 4.79 Å². The quantitative estimate of drug-likeness (QED) is 0.441. The van der Waals surface area contributed by atoms with Crippen molar-refractivity contribution in [2.24, 2.45) is 0 Å². The van der Waals surface area contributed by atoms with E-state index < -0.39 is 5.97 Å². The highest BCUT2D eigenvalue weighted by Gasteiger charge is 2.24. The first kappa shape index (κ1) is 17.2. The van der Waals surface area contributed by atoms with Crippen molar-refractivity contribution in [1.29, 1.82) is 0 Å². The zero-order valence-electron chi connectivity index (χ0n) is 11.8.